The first-order valence-electron chi connectivity index (χ1n) is 8.74. The molecule has 0 spiro atoms. The number of ether oxygens (including phenoxy) is 1. The number of hydrogen-bond acceptors (Lipinski definition) is 8. The number of benzene rings is 1. The lowest BCUT2D eigenvalue weighted by Gasteiger charge is -2.17. The number of aromatic nitrogens is 2. The lowest BCUT2D eigenvalue weighted by molar-refractivity contribution is -0.0542. The third kappa shape index (κ3) is 5.18. The number of nitrogens with zero attached hydrogens (tertiary/aromatic N) is 2. The number of aliphatic hydroxyl groups excluding tert-OH is 2. The maximum Gasteiger partial charge on any atom is 0.469 e. The van der Waals surface area contributed by atoms with Gasteiger partial charge in [0.25, 0.3) is 5.91 Å². The molecule has 0 radical (unpaired) electrons. The SMILES string of the molecule is Cc1cccc(C(=O)Nc2ccn([C@@H]3O[C@H](COP(=O)(O)O)[C@@H](O)[C@H]3O)c(=O)n2)c1. The van der Waals surface area contributed by atoms with Crippen LogP contribution in [0, 0.1) is 6.92 Å². The molecule has 13 heteroatoms. The third-order valence-corrected chi connectivity index (χ3v) is 4.86. The summed E-state index contributed by atoms with van der Waals surface area (Å²) in [5.74, 6) is -0.497. The monoisotopic (exact) mass is 441 g/mol. The van der Waals surface area contributed by atoms with Crippen molar-refractivity contribution in [3.8, 4) is 0 Å². The zero-order chi connectivity index (χ0) is 22.1. The topological polar surface area (TPSA) is 180 Å². The van der Waals surface area contributed by atoms with Crippen molar-refractivity contribution in [2.75, 3.05) is 11.9 Å². The molecule has 0 unspecified atom stereocenters. The van der Waals surface area contributed by atoms with Crippen LogP contribution in [0.5, 0.6) is 0 Å². The summed E-state index contributed by atoms with van der Waals surface area (Å²) in [6.45, 7) is 1.13. The highest BCUT2D eigenvalue weighted by Gasteiger charge is 2.45. The molecule has 1 aliphatic rings. The molecular weight excluding hydrogens is 421 g/mol. The van der Waals surface area contributed by atoms with E-state index >= 15 is 0 Å². The summed E-state index contributed by atoms with van der Waals surface area (Å²) in [6, 6.07) is 8.12. The van der Waals surface area contributed by atoms with Crippen LogP contribution in [-0.4, -0.2) is 60.4 Å². The van der Waals surface area contributed by atoms with Crippen molar-refractivity contribution in [2.24, 2.45) is 0 Å². The molecule has 0 bridgehead atoms. The number of phosphoric ester groups is 1. The highest BCUT2D eigenvalue weighted by molar-refractivity contribution is 7.46. The summed E-state index contributed by atoms with van der Waals surface area (Å²) in [5.41, 5.74) is 0.380. The van der Waals surface area contributed by atoms with Crippen molar-refractivity contribution in [1.82, 2.24) is 9.55 Å². The van der Waals surface area contributed by atoms with Gasteiger partial charge in [0.05, 0.1) is 6.61 Å². The number of nitrogens with one attached hydrogen (secondary N) is 1. The Hall–Kier alpha value is -2.44. The largest absolute Gasteiger partial charge is 0.469 e. The van der Waals surface area contributed by atoms with E-state index in [1.165, 1.54) is 12.3 Å². The van der Waals surface area contributed by atoms with Gasteiger partial charge in [-0.2, -0.15) is 4.98 Å². The Morgan fingerprint density at radius 2 is 2.03 bits per heavy atom. The van der Waals surface area contributed by atoms with E-state index in [2.05, 4.69) is 14.8 Å². The van der Waals surface area contributed by atoms with E-state index in [4.69, 9.17) is 14.5 Å². The first-order chi connectivity index (χ1) is 14.0. The van der Waals surface area contributed by atoms with Crippen molar-refractivity contribution in [2.45, 2.75) is 31.5 Å². The van der Waals surface area contributed by atoms with Crippen LogP contribution in [0.25, 0.3) is 0 Å². The minimum Gasteiger partial charge on any atom is -0.387 e. The lowest BCUT2D eigenvalue weighted by Crippen LogP contribution is -2.36. The molecule has 162 valence electrons. The van der Waals surface area contributed by atoms with Gasteiger partial charge in [-0.25, -0.2) is 9.36 Å². The smallest absolute Gasteiger partial charge is 0.387 e. The van der Waals surface area contributed by atoms with Crippen LogP contribution in [-0.2, 0) is 13.8 Å². The van der Waals surface area contributed by atoms with E-state index in [0.29, 0.717) is 5.56 Å². The molecule has 1 aromatic heterocycles. The molecule has 0 saturated carbocycles. The van der Waals surface area contributed by atoms with Gasteiger partial charge in [0, 0.05) is 11.8 Å². The second-order valence-electron chi connectivity index (χ2n) is 6.66. The molecular formula is C17H20N3O9P. The number of carbonyl (C=O) groups excluding carboxylic acids is 1. The highest BCUT2D eigenvalue weighted by Crippen LogP contribution is 2.38. The van der Waals surface area contributed by atoms with Gasteiger partial charge in [-0.3, -0.25) is 13.9 Å². The molecule has 30 heavy (non-hydrogen) atoms. The molecule has 2 aromatic rings. The number of carbonyl (C=O) groups is 1. The first kappa shape index (κ1) is 22.2. The van der Waals surface area contributed by atoms with Crippen LogP contribution in [0.2, 0.25) is 0 Å². The van der Waals surface area contributed by atoms with Gasteiger partial charge < -0.3 is 30.1 Å². The van der Waals surface area contributed by atoms with Gasteiger partial charge in [0.1, 0.15) is 24.1 Å². The zero-order valence-corrected chi connectivity index (χ0v) is 16.5. The average Bonchev–Trinajstić information content (AvgIpc) is 2.94. The number of anilines is 1. The lowest BCUT2D eigenvalue weighted by atomic mass is 10.1. The number of rotatable bonds is 6. The van der Waals surface area contributed by atoms with E-state index in [1.807, 2.05) is 13.0 Å². The van der Waals surface area contributed by atoms with Gasteiger partial charge >= 0.3 is 13.5 Å². The molecule has 12 nitrogen and oxygen atoms in total. The standard InChI is InChI=1S/C17H20N3O9P/c1-9-3-2-4-10(7-9)15(23)18-12-5-6-20(17(24)19-12)16-14(22)13(21)11(29-16)8-28-30(25,26)27/h2-7,11,13-14,16,21-22H,8H2,1H3,(H2,25,26,27)(H,18,19,23,24)/t11-,13-,14-,16-/m1/s1. The predicted molar refractivity (Wildman–Crippen MR) is 102 cm³/mol. The Morgan fingerprint density at radius 3 is 2.67 bits per heavy atom. The maximum atomic E-state index is 12.3. The Labute approximate surface area is 170 Å². The van der Waals surface area contributed by atoms with E-state index in [0.717, 1.165) is 10.1 Å². The number of amides is 1. The number of aliphatic hydroxyl groups is 2. The quantitative estimate of drug-likeness (QED) is 0.368. The normalized spacial score (nSPS) is 24.0. The summed E-state index contributed by atoms with van der Waals surface area (Å²) in [6.07, 6.45) is -4.59. The molecule has 1 amide bonds. The number of phosphoric acid groups is 1. The molecule has 1 fully saturated rings. The fourth-order valence-electron chi connectivity index (χ4n) is 2.92. The van der Waals surface area contributed by atoms with Gasteiger partial charge in [-0.05, 0) is 25.1 Å². The molecule has 0 aliphatic carbocycles. The van der Waals surface area contributed by atoms with Crippen LogP contribution in [0.3, 0.4) is 0 Å². The second kappa shape index (κ2) is 8.74. The van der Waals surface area contributed by atoms with Crippen LogP contribution in [0.15, 0.2) is 41.3 Å². The van der Waals surface area contributed by atoms with Gasteiger partial charge in [-0.15, -0.1) is 0 Å². The van der Waals surface area contributed by atoms with Crippen LogP contribution in [0.1, 0.15) is 22.1 Å². The van der Waals surface area contributed by atoms with Crippen LogP contribution < -0.4 is 11.0 Å². The Morgan fingerprint density at radius 1 is 1.30 bits per heavy atom. The molecule has 1 aromatic carbocycles. The minimum atomic E-state index is -4.81. The summed E-state index contributed by atoms with van der Waals surface area (Å²) in [4.78, 5) is 45.8. The fraction of sp³-hybridized carbons (Fsp3) is 0.353. The number of hydrogen-bond donors (Lipinski definition) is 5. The van der Waals surface area contributed by atoms with E-state index in [1.54, 1.807) is 18.2 Å². The van der Waals surface area contributed by atoms with Crippen molar-refractivity contribution in [1.29, 1.82) is 0 Å². The van der Waals surface area contributed by atoms with E-state index in [-0.39, 0.29) is 5.82 Å². The first-order valence-corrected chi connectivity index (χ1v) is 10.3. The third-order valence-electron chi connectivity index (χ3n) is 4.37. The van der Waals surface area contributed by atoms with Gasteiger partial charge in [-0.1, -0.05) is 17.7 Å². The Kier molecular flexibility index (Phi) is 6.48. The Bertz CT molecular complexity index is 1040. The predicted octanol–water partition coefficient (Wildman–Crippen LogP) is -0.467. The van der Waals surface area contributed by atoms with Crippen molar-refractivity contribution in [3.05, 3.63) is 58.1 Å². The maximum absolute atomic E-state index is 12.3. The Balaban J connectivity index is 1.73. The molecule has 2 heterocycles. The zero-order valence-electron chi connectivity index (χ0n) is 15.7. The molecule has 3 rings (SSSR count). The highest BCUT2D eigenvalue weighted by atomic mass is 31.2. The number of aryl methyl sites for hydroxylation is 1. The van der Waals surface area contributed by atoms with Gasteiger partial charge in [0.15, 0.2) is 6.23 Å². The van der Waals surface area contributed by atoms with Crippen molar-refractivity contribution in [3.63, 3.8) is 0 Å². The second-order valence-corrected chi connectivity index (χ2v) is 7.90. The fourth-order valence-corrected chi connectivity index (χ4v) is 3.26. The van der Waals surface area contributed by atoms with E-state index < -0.39 is 50.6 Å². The summed E-state index contributed by atoms with van der Waals surface area (Å²) in [5, 5.41) is 22.6. The molecule has 1 aliphatic heterocycles. The van der Waals surface area contributed by atoms with Crippen molar-refractivity contribution < 1.29 is 38.6 Å². The molecule has 4 atom stereocenters. The van der Waals surface area contributed by atoms with Gasteiger partial charge in [0.2, 0.25) is 0 Å². The molecule has 5 N–H and O–H groups in total. The van der Waals surface area contributed by atoms with Crippen LogP contribution in [0.4, 0.5) is 5.82 Å². The minimum absolute atomic E-state index is 0.0304. The van der Waals surface area contributed by atoms with Crippen LogP contribution >= 0.6 is 7.82 Å². The molecule has 1 saturated heterocycles. The average molecular weight is 441 g/mol. The van der Waals surface area contributed by atoms with Crippen molar-refractivity contribution >= 4 is 19.5 Å². The van der Waals surface area contributed by atoms with E-state index in [9.17, 15) is 24.4 Å². The summed E-state index contributed by atoms with van der Waals surface area (Å²) < 4.78 is 21.3. The summed E-state index contributed by atoms with van der Waals surface area (Å²) in [7, 11) is -4.81. The summed E-state index contributed by atoms with van der Waals surface area (Å²) >= 11 is 0.